The number of nitrogens with one attached hydrogen (secondary N) is 1. The Hall–Kier alpha value is -1.25. The van der Waals surface area contributed by atoms with Gasteiger partial charge in [0.25, 0.3) is 0 Å². The molecule has 0 bridgehead atoms. The largest absolute Gasteiger partial charge is 0.374 e. The van der Waals surface area contributed by atoms with E-state index in [0.717, 1.165) is 12.2 Å². The van der Waals surface area contributed by atoms with Gasteiger partial charge in [0.05, 0.1) is 0 Å². The highest BCUT2D eigenvalue weighted by molar-refractivity contribution is 5.56. The maximum Gasteiger partial charge on any atom is 0.119 e. The standard InChI is InChI=1S/C9H17N3/c1-5-7-11-12(8-6-2)9(3)10-4/h6-8,10H,3,5H2,1-2,4H3/b8-6-,11-7-. The third-order valence-corrected chi connectivity index (χ3v) is 1.24. The Labute approximate surface area is 74.5 Å². The second-order valence-electron chi connectivity index (χ2n) is 2.23. The van der Waals surface area contributed by atoms with Crippen LogP contribution < -0.4 is 5.32 Å². The van der Waals surface area contributed by atoms with E-state index in [9.17, 15) is 0 Å². The van der Waals surface area contributed by atoms with Gasteiger partial charge in [-0.1, -0.05) is 19.6 Å². The van der Waals surface area contributed by atoms with Crippen molar-refractivity contribution < 1.29 is 0 Å². The fraction of sp³-hybridized carbons (Fsp3) is 0.444. The summed E-state index contributed by atoms with van der Waals surface area (Å²) in [7, 11) is 1.82. The van der Waals surface area contributed by atoms with Crippen molar-refractivity contribution in [1.82, 2.24) is 10.3 Å². The van der Waals surface area contributed by atoms with Crippen molar-refractivity contribution in [3.8, 4) is 0 Å². The first-order chi connectivity index (χ1) is 5.76. The highest BCUT2D eigenvalue weighted by Gasteiger charge is 1.96. The van der Waals surface area contributed by atoms with Crippen molar-refractivity contribution in [3.05, 3.63) is 24.7 Å². The topological polar surface area (TPSA) is 27.6 Å². The molecule has 0 aromatic rings. The van der Waals surface area contributed by atoms with Gasteiger partial charge in [0.1, 0.15) is 5.82 Å². The number of nitrogens with zero attached hydrogens (tertiary/aromatic N) is 2. The Bertz CT molecular complexity index is 182. The van der Waals surface area contributed by atoms with Crippen LogP contribution >= 0.6 is 0 Å². The Morgan fingerprint density at radius 1 is 1.67 bits per heavy atom. The lowest BCUT2D eigenvalue weighted by molar-refractivity contribution is 0.467. The maximum absolute atomic E-state index is 4.16. The van der Waals surface area contributed by atoms with E-state index in [1.807, 2.05) is 39.4 Å². The van der Waals surface area contributed by atoms with Crippen molar-refractivity contribution in [3.63, 3.8) is 0 Å². The van der Waals surface area contributed by atoms with E-state index < -0.39 is 0 Å². The van der Waals surface area contributed by atoms with Gasteiger partial charge in [0.15, 0.2) is 0 Å². The summed E-state index contributed by atoms with van der Waals surface area (Å²) < 4.78 is 0. The smallest absolute Gasteiger partial charge is 0.119 e. The molecule has 0 amide bonds. The fourth-order valence-corrected chi connectivity index (χ4v) is 0.624. The van der Waals surface area contributed by atoms with Crippen LogP contribution in [0.1, 0.15) is 20.3 Å². The molecule has 0 saturated carbocycles. The predicted molar refractivity (Wildman–Crippen MR) is 53.6 cm³/mol. The molecule has 0 atom stereocenters. The van der Waals surface area contributed by atoms with Gasteiger partial charge in [-0.15, -0.1) is 0 Å². The summed E-state index contributed by atoms with van der Waals surface area (Å²) in [5.41, 5.74) is 0. The molecule has 0 heterocycles. The molecular weight excluding hydrogens is 150 g/mol. The van der Waals surface area contributed by atoms with Crippen LogP contribution in [0.25, 0.3) is 0 Å². The molecule has 0 spiro atoms. The SMILES string of the molecule is C=C(NC)N(/C=C\C)/N=C\CC. The highest BCUT2D eigenvalue weighted by Crippen LogP contribution is 1.98. The Morgan fingerprint density at radius 2 is 2.33 bits per heavy atom. The molecule has 0 aliphatic rings. The van der Waals surface area contributed by atoms with Crippen LogP contribution in [0.5, 0.6) is 0 Å². The molecule has 12 heavy (non-hydrogen) atoms. The number of rotatable bonds is 5. The van der Waals surface area contributed by atoms with Crippen LogP contribution in [0.4, 0.5) is 0 Å². The van der Waals surface area contributed by atoms with E-state index in [2.05, 4.69) is 17.0 Å². The first-order valence-corrected chi connectivity index (χ1v) is 4.07. The molecule has 0 aliphatic heterocycles. The maximum atomic E-state index is 4.16. The average Bonchev–Trinajstić information content (AvgIpc) is 2.11. The van der Waals surface area contributed by atoms with Crippen molar-refractivity contribution >= 4 is 6.21 Å². The van der Waals surface area contributed by atoms with E-state index in [1.165, 1.54) is 0 Å². The minimum Gasteiger partial charge on any atom is -0.374 e. The molecule has 0 aromatic carbocycles. The van der Waals surface area contributed by atoms with Crippen molar-refractivity contribution in [1.29, 1.82) is 0 Å². The Kier molecular flexibility index (Phi) is 5.79. The summed E-state index contributed by atoms with van der Waals surface area (Å²) in [5.74, 6) is 0.762. The van der Waals surface area contributed by atoms with Crippen LogP contribution in [0.2, 0.25) is 0 Å². The lowest BCUT2D eigenvalue weighted by atomic mass is 10.5. The van der Waals surface area contributed by atoms with Crippen LogP contribution in [-0.2, 0) is 0 Å². The van der Waals surface area contributed by atoms with E-state index in [1.54, 1.807) is 5.01 Å². The lowest BCUT2D eigenvalue weighted by Crippen LogP contribution is -2.19. The second-order valence-corrected chi connectivity index (χ2v) is 2.23. The van der Waals surface area contributed by atoms with Crippen LogP contribution in [0, 0.1) is 0 Å². The average molecular weight is 167 g/mol. The number of allylic oxidation sites excluding steroid dienone is 1. The van der Waals surface area contributed by atoms with Gasteiger partial charge < -0.3 is 5.32 Å². The number of hydrogen-bond acceptors (Lipinski definition) is 3. The van der Waals surface area contributed by atoms with Crippen LogP contribution in [0.3, 0.4) is 0 Å². The number of hydrogen-bond donors (Lipinski definition) is 1. The van der Waals surface area contributed by atoms with Gasteiger partial charge in [0.2, 0.25) is 0 Å². The molecule has 0 radical (unpaired) electrons. The molecule has 0 saturated heterocycles. The zero-order valence-corrected chi connectivity index (χ0v) is 8.04. The minimum absolute atomic E-state index is 0.762. The van der Waals surface area contributed by atoms with Crippen molar-refractivity contribution in [2.45, 2.75) is 20.3 Å². The lowest BCUT2D eigenvalue weighted by Gasteiger charge is -2.15. The number of hydrazone groups is 1. The van der Waals surface area contributed by atoms with Crippen LogP contribution in [-0.4, -0.2) is 18.3 Å². The molecule has 0 fully saturated rings. The van der Waals surface area contributed by atoms with Gasteiger partial charge >= 0.3 is 0 Å². The highest BCUT2D eigenvalue weighted by atomic mass is 15.5. The molecule has 0 aromatic heterocycles. The van der Waals surface area contributed by atoms with Gasteiger partial charge in [-0.25, -0.2) is 5.01 Å². The molecule has 68 valence electrons. The molecular formula is C9H17N3. The summed E-state index contributed by atoms with van der Waals surface area (Å²) in [6.45, 7) is 7.78. The van der Waals surface area contributed by atoms with Gasteiger partial charge in [-0.05, 0) is 13.3 Å². The summed E-state index contributed by atoms with van der Waals surface area (Å²) >= 11 is 0. The Balaban J connectivity index is 4.22. The first-order valence-electron chi connectivity index (χ1n) is 4.07. The van der Waals surface area contributed by atoms with E-state index in [-0.39, 0.29) is 0 Å². The zero-order chi connectivity index (χ0) is 9.40. The van der Waals surface area contributed by atoms with Gasteiger partial charge in [-0.2, -0.15) is 5.10 Å². The predicted octanol–water partition coefficient (Wildman–Crippen LogP) is 1.91. The van der Waals surface area contributed by atoms with Crippen molar-refractivity contribution in [2.24, 2.45) is 5.10 Å². The van der Waals surface area contributed by atoms with Gasteiger partial charge in [-0.3, -0.25) is 0 Å². The van der Waals surface area contributed by atoms with E-state index in [0.29, 0.717) is 0 Å². The fourth-order valence-electron chi connectivity index (χ4n) is 0.624. The summed E-state index contributed by atoms with van der Waals surface area (Å²) in [6, 6.07) is 0. The summed E-state index contributed by atoms with van der Waals surface area (Å²) in [5, 5.41) is 8.79. The zero-order valence-electron chi connectivity index (χ0n) is 8.04. The molecule has 0 rings (SSSR count). The minimum atomic E-state index is 0.762. The quantitative estimate of drug-likeness (QED) is 0.500. The molecule has 0 aliphatic carbocycles. The molecule has 3 nitrogen and oxygen atoms in total. The van der Waals surface area contributed by atoms with E-state index >= 15 is 0 Å². The Morgan fingerprint density at radius 3 is 2.75 bits per heavy atom. The monoisotopic (exact) mass is 167 g/mol. The summed E-state index contributed by atoms with van der Waals surface area (Å²) in [6.07, 6.45) is 6.52. The molecule has 3 heteroatoms. The normalized spacial score (nSPS) is 10.9. The van der Waals surface area contributed by atoms with Crippen LogP contribution in [0.15, 0.2) is 29.8 Å². The third kappa shape index (κ3) is 3.81. The third-order valence-electron chi connectivity index (χ3n) is 1.24. The van der Waals surface area contributed by atoms with Gasteiger partial charge in [0, 0.05) is 19.5 Å². The molecule has 1 N–H and O–H groups in total. The van der Waals surface area contributed by atoms with Crippen molar-refractivity contribution in [2.75, 3.05) is 7.05 Å². The van der Waals surface area contributed by atoms with E-state index in [4.69, 9.17) is 0 Å². The second kappa shape index (κ2) is 6.46. The first kappa shape index (κ1) is 10.8. The molecule has 0 unspecified atom stereocenters. The summed E-state index contributed by atoms with van der Waals surface area (Å²) in [4.78, 5) is 0.